The molecule has 2 aromatic rings. The second-order valence-corrected chi connectivity index (χ2v) is 6.84. The summed E-state index contributed by atoms with van der Waals surface area (Å²) in [6.45, 7) is 0.683. The standard InChI is InChI=1S/C19H26N2O2/c1-21(2)14-17-13-20-18(23-17)19(22,15-9-5-3-6-10-15)16-11-7-4-8-12-16/h3,5-6,9-10,13,16,22H,4,7-8,11-12,14H2,1-2H3. The summed E-state index contributed by atoms with van der Waals surface area (Å²) in [5, 5.41) is 11.7. The van der Waals surface area contributed by atoms with E-state index in [2.05, 4.69) is 4.98 Å². The summed E-state index contributed by atoms with van der Waals surface area (Å²) in [4.78, 5) is 6.48. The minimum Gasteiger partial charge on any atom is -0.441 e. The van der Waals surface area contributed by atoms with Crippen molar-refractivity contribution in [2.24, 2.45) is 5.92 Å². The number of aliphatic hydroxyl groups is 1. The zero-order chi connectivity index (χ0) is 16.3. The number of hydrogen-bond acceptors (Lipinski definition) is 4. The molecule has 0 radical (unpaired) electrons. The second-order valence-electron chi connectivity index (χ2n) is 6.84. The minimum atomic E-state index is -1.13. The van der Waals surface area contributed by atoms with E-state index in [0.717, 1.165) is 37.0 Å². The van der Waals surface area contributed by atoms with Gasteiger partial charge in [-0.1, -0.05) is 49.6 Å². The zero-order valence-electron chi connectivity index (χ0n) is 14.0. The average Bonchev–Trinajstić information content (AvgIpc) is 3.04. The van der Waals surface area contributed by atoms with E-state index in [4.69, 9.17) is 4.42 Å². The number of aromatic nitrogens is 1. The molecule has 0 aliphatic heterocycles. The topological polar surface area (TPSA) is 49.5 Å². The van der Waals surface area contributed by atoms with Crippen molar-refractivity contribution < 1.29 is 9.52 Å². The largest absolute Gasteiger partial charge is 0.441 e. The average molecular weight is 314 g/mol. The van der Waals surface area contributed by atoms with Crippen LogP contribution in [0.5, 0.6) is 0 Å². The highest BCUT2D eigenvalue weighted by Crippen LogP contribution is 2.43. The molecule has 1 aromatic carbocycles. The third-order valence-corrected chi connectivity index (χ3v) is 4.76. The van der Waals surface area contributed by atoms with E-state index >= 15 is 0 Å². The maximum Gasteiger partial charge on any atom is 0.231 e. The molecule has 1 atom stereocenters. The van der Waals surface area contributed by atoms with Gasteiger partial charge in [0.25, 0.3) is 0 Å². The Morgan fingerprint density at radius 2 is 1.87 bits per heavy atom. The predicted molar refractivity (Wildman–Crippen MR) is 89.9 cm³/mol. The fraction of sp³-hybridized carbons (Fsp3) is 0.526. The molecule has 0 saturated heterocycles. The SMILES string of the molecule is CN(C)Cc1cnc(C(O)(c2ccccc2)C2CCCCC2)o1. The summed E-state index contributed by atoms with van der Waals surface area (Å²) < 4.78 is 5.96. The highest BCUT2D eigenvalue weighted by molar-refractivity contribution is 5.30. The number of rotatable bonds is 5. The molecule has 0 spiro atoms. The molecule has 1 aliphatic rings. The second kappa shape index (κ2) is 6.85. The van der Waals surface area contributed by atoms with Gasteiger partial charge in [0, 0.05) is 5.92 Å². The summed E-state index contributed by atoms with van der Waals surface area (Å²) in [5.74, 6) is 1.38. The number of hydrogen-bond donors (Lipinski definition) is 1. The van der Waals surface area contributed by atoms with Crippen molar-refractivity contribution in [2.45, 2.75) is 44.2 Å². The van der Waals surface area contributed by atoms with E-state index in [1.165, 1.54) is 6.42 Å². The van der Waals surface area contributed by atoms with E-state index in [1.807, 2.05) is 49.3 Å². The number of benzene rings is 1. The van der Waals surface area contributed by atoms with Crippen LogP contribution in [0.3, 0.4) is 0 Å². The first kappa shape index (κ1) is 16.2. The van der Waals surface area contributed by atoms with Gasteiger partial charge in [-0.25, -0.2) is 4.98 Å². The Balaban J connectivity index is 1.99. The number of nitrogens with zero attached hydrogens (tertiary/aromatic N) is 2. The van der Waals surface area contributed by atoms with Crippen LogP contribution >= 0.6 is 0 Å². The molecule has 1 unspecified atom stereocenters. The van der Waals surface area contributed by atoms with Gasteiger partial charge in [-0.05, 0) is 32.5 Å². The van der Waals surface area contributed by atoms with Crippen molar-refractivity contribution in [3.63, 3.8) is 0 Å². The summed E-state index contributed by atoms with van der Waals surface area (Å²) in [6, 6.07) is 9.85. The first-order valence-electron chi connectivity index (χ1n) is 8.48. The van der Waals surface area contributed by atoms with Crippen molar-refractivity contribution >= 4 is 0 Å². The fourth-order valence-corrected chi connectivity index (χ4v) is 3.61. The summed E-state index contributed by atoms with van der Waals surface area (Å²) in [7, 11) is 3.99. The summed E-state index contributed by atoms with van der Waals surface area (Å²) in [5.41, 5.74) is -0.253. The van der Waals surface area contributed by atoms with E-state index in [1.54, 1.807) is 6.20 Å². The maximum absolute atomic E-state index is 11.7. The summed E-state index contributed by atoms with van der Waals surface area (Å²) >= 11 is 0. The molecule has 0 bridgehead atoms. The van der Waals surface area contributed by atoms with Crippen LogP contribution < -0.4 is 0 Å². The van der Waals surface area contributed by atoms with Crippen molar-refractivity contribution in [2.75, 3.05) is 14.1 Å². The van der Waals surface area contributed by atoms with E-state index in [-0.39, 0.29) is 5.92 Å². The lowest BCUT2D eigenvalue weighted by atomic mass is 9.73. The molecule has 1 saturated carbocycles. The van der Waals surface area contributed by atoms with E-state index < -0.39 is 5.60 Å². The Bertz CT molecular complexity index is 617. The Morgan fingerprint density at radius 1 is 1.17 bits per heavy atom. The molecule has 4 heteroatoms. The first-order chi connectivity index (χ1) is 11.1. The van der Waals surface area contributed by atoms with Crippen molar-refractivity contribution in [1.29, 1.82) is 0 Å². The smallest absolute Gasteiger partial charge is 0.231 e. The molecule has 124 valence electrons. The maximum atomic E-state index is 11.7. The molecule has 0 amide bonds. The third-order valence-electron chi connectivity index (χ3n) is 4.76. The van der Waals surface area contributed by atoms with E-state index in [9.17, 15) is 5.11 Å². The van der Waals surface area contributed by atoms with Crippen LogP contribution in [0.4, 0.5) is 0 Å². The lowest BCUT2D eigenvalue weighted by molar-refractivity contribution is -0.0242. The van der Waals surface area contributed by atoms with Gasteiger partial charge in [0.2, 0.25) is 5.89 Å². The molecule has 1 aromatic heterocycles. The van der Waals surface area contributed by atoms with Gasteiger partial charge in [0.1, 0.15) is 5.76 Å². The summed E-state index contributed by atoms with van der Waals surface area (Å²) in [6.07, 6.45) is 7.33. The Kier molecular flexibility index (Phi) is 4.83. The lowest BCUT2D eigenvalue weighted by Crippen LogP contribution is -2.38. The van der Waals surface area contributed by atoms with Crippen LogP contribution in [0, 0.1) is 5.92 Å². The van der Waals surface area contributed by atoms with Gasteiger partial charge in [0.15, 0.2) is 5.60 Å². The van der Waals surface area contributed by atoms with Gasteiger partial charge >= 0.3 is 0 Å². The number of oxazole rings is 1. The van der Waals surface area contributed by atoms with Crippen molar-refractivity contribution in [3.8, 4) is 0 Å². The molecule has 4 nitrogen and oxygen atoms in total. The monoisotopic (exact) mass is 314 g/mol. The van der Waals surface area contributed by atoms with Gasteiger partial charge < -0.3 is 14.4 Å². The van der Waals surface area contributed by atoms with Crippen LogP contribution in [0.25, 0.3) is 0 Å². The highest BCUT2D eigenvalue weighted by Gasteiger charge is 2.44. The fourth-order valence-electron chi connectivity index (χ4n) is 3.61. The van der Waals surface area contributed by atoms with Crippen molar-refractivity contribution in [1.82, 2.24) is 9.88 Å². The first-order valence-corrected chi connectivity index (χ1v) is 8.48. The Morgan fingerprint density at radius 3 is 2.52 bits per heavy atom. The molecule has 1 N–H and O–H groups in total. The van der Waals surface area contributed by atoms with Crippen LogP contribution in [-0.2, 0) is 12.1 Å². The molecular weight excluding hydrogens is 288 g/mol. The van der Waals surface area contributed by atoms with Gasteiger partial charge in [-0.15, -0.1) is 0 Å². The molecular formula is C19H26N2O2. The normalized spacial score (nSPS) is 19.0. The molecule has 3 rings (SSSR count). The Labute approximate surface area is 138 Å². The Hall–Kier alpha value is -1.65. The van der Waals surface area contributed by atoms with Gasteiger partial charge in [-0.2, -0.15) is 0 Å². The van der Waals surface area contributed by atoms with Crippen molar-refractivity contribution in [3.05, 3.63) is 53.7 Å². The highest BCUT2D eigenvalue weighted by atomic mass is 16.4. The van der Waals surface area contributed by atoms with E-state index in [0.29, 0.717) is 12.4 Å². The third kappa shape index (κ3) is 3.33. The van der Waals surface area contributed by atoms with Gasteiger partial charge in [0.05, 0.1) is 12.7 Å². The van der Waals surface area contributed by atoms with Gasteiger partial charge in [-0.3, -0.25) is 0 Å². The molecule has 1 fully saturated rings. The lowest BCUT2D eigenvalue weighted by Gasteiger charge is -2.36. The quantitative estimate of drug-likeness (QED) is 0.917. The zero-order valence-corrected chi connectivity index (χ0v) is 14.0. The van der Waals surface area contributed by atoms with Crippen LogP contribution in [0.15, 0.2) is 40.9 Å². The van der Waals surface area contributed by atoms with Crippen LogP contribution in [0.2, 0.25) is 0 Å². The van der Waals surface area contributed by atoms with Crippen LogP contribution in [0.1, 0.15) is 49.3 Å². The molecule has 1 heterocycles. The predicted octanol–water partition coefficient (Wildman–Crippen LogP) is 3.55. The molecule has 1 aliphatic carbocycles. The van der Waals surface area contributed by atoms with Crippen LogP contribution in [-0.4, -0.2) is 29.1 Å². The molecule has 23 heavy (non-hydrogen) atoms. The minimum absolute atomic E-state index is 0.157.